The van der Waals surface area contributed by atoms with Crippen molar-refractivity contribution in [3.63, 3.8) is 0 Å². The first-order valence-electron chi connectivity index (χ1n) is 20.9. The second-order valence-corrected chi connectivity index (χ2v) is 15.5. The normalized spacial score (nSPS) is 13.2. The number of likely N-dealkylation sites (N-methyl/N-ethyl adjacent to an activating group) is 1. The van der Waals surface area contributed by atoms with Gasteiger partial charge in [-0.2, -0.15) is 0 Å². The van der Waals surface area contributed by atoms with E-state index in [0.717, 1.165) is 19.3 Å². The minimum absolute atomic E-state index is 0.212. The number of aliphatic carboxylic acids is 1. The summed E-state index contributed by atoms with van der Waals surface area (Å²) in [5.74, 6) is -1.60. The number of carboxylic acids is 1. The average Bonchev–Trinajstić information content (AvgIpc) is 3.07. The van der Waals surface area contributed by atoms with E-state index in [2.05, 4.69) is 19.1 Å². The minimum atomic E-state index is -1.46. The van der Waals surface area contributed by atoms with E-state index in [1.807, 2.05) is 21.1 Å². The Morgan fingerprint density at radius 1 is 0.580 bits per heavy atom. The van der Waals surface area contributed by atoms with Crippen molar-refractivity contribution in [3.05, 3.63) is 12.2 Å². The Kier molecular flexibility index (Phi) is 34.8. The Morgan fingerprint density at radius 3 is 1.38 bits per heavy atom. The molecule has 296 valence electrons. The molecule has 2 atom stereocenters. The maximum atomic E-state index is 12.0. The summed E-state index contributed by atoms with van der Waals surface area (Å²) in [7, 11) is 5.92. The molecule has 0 bridgehead atoms. The Hall–Kier alpha value is -1.48. The van der Waals surface area contributed by atoms with Gasteiger partial charge >= 0.3 is 11.9 Å². The number of aliphatic hydroxyl groups excluding tert-OH is 1. The van der Waals surface area contributed by atoms with E-state index in [1.54, 1.807) is 0 Å². The lowest BCUT2D eigenvalue weighted by atomic mass is 10.0. The summed E-state index contributed by atoms with van der Waals surface area (Å²) in [6.07, 6.45) is 38.4. The van der Waals surface area contributed by atoms with Gasteiger partial charge < -0.3 is 28.9 Å². The Bertz CT molecular complexity index is 783. The number of aliphatic hydroxyl groups is 1. The summed E-state index contributed by atoms with van der Waals surface area (Å²) in [4.78, 5) is 23.3. The fourth-order valence-electron chi connectivity index (χ4n) is 5.95. The summed E-state index contributed by atoms with van der Waals surface area (Å²) in [6, 6.07) is 0. The van der Waals surface area contributed by atoms with Crippen molar-refractivity contribution in [1.82, 2.24) is 0 Å². The van der Waals surface area contributed by atoms with Gasteiger partial charge in [-0.1, -0.05) is 160 Å². The summed E-state index contributed by atoms with van der Waals surface area (Å²) in [5.41, 5.74) is 0. The van der Waals surface area contributed by atoms with E-state index in [1.165, 1.54) is 154 Å². The zero-order valence-corrected chi connectivity index (χ0v) is 33.3. The van der Waals surface area contributed by atoms with Gasteiger partial charge in [0, 0.05) is 6.42 Å². The second-order valence-electron chi connectivity index (χ2n) is 15.5. The molecular weight excluding hydrogens is 630 g/mol. The average molecular weight is 713 g/mol. The van der Waals surface area contributed by atoms with Gasteiger partial charge in [0.25, 0.3) is 6.29 Å². The molecule has 0 heterocycles. The third kappa shape index (κ3) is 37.8. The molecule has 0 saturated carbocycles. The van der Waals surface area contributed by atoms with Gasteiger partial charge in [0.15, 0.2) is 0 Å². The number of nitrogens with zero attached hydrogens (tertiary/aromatic N) is 1. The first-order valence-corrected chi connectivity index (χ1v) is 20.9. The molecule has 2 N–H and O–H groups in total. The van der Waals surface area contributed by atoms with Crippen molar-refractivity contribution in [2.24, 2.45) is 0 Å². The quantitative estimate of drug-likeness (QED) is 0.0215. The number of esters is 1. The molecule has 0 aromatic carbocycles. The van der Waals surface area contributed by atoms with Crippen LogP contribution in [0.25, 0.3) is 0 Å². The third-order valence-corrected chi connectivity index (χ3v) is 9.25. The smallest absolute Gasteiger partial charge is 0.361 e. The van der Waals surface area contributed by atoms with Gasteiger partial charge in [0.05, 0.1) is 34.4 Å². The fourth-order valence-corrected chi connectivity index (χ4v) is 5.95. The van der Waals surface area contributed by atoms with Crippen molar-refractivity contribution >= 4 is 11.9 Å². The number of rotatable bonds is 39. The maximum absolute atomic E-state index is 12.0. The van der Waals surface area contributed by atoms with Crippen LogP contribution in [0, 0.1) is 0 Å². The van der Waals surface area contributed by atoms with Crippen LogP contribution in [0.15, 0.2) is 12.2 Å². The van der Waals surface area contributed by atoms with Crippen LogP contribution in [-0.4, -0.2) is 86.5 Å². The van der Waals surface area contributed by atoms with Gasteiger partial charge in [-0.3, -0.25) is 4.79 Å². The number of allylic oxidation sites excluding steroid dienone is 2. The molecule has 0 aliphatic carbocycles. The van der Waals surface area contributed by atoms with Crippen LogP contribution in [0.4, 0.5) is 0 Å². The molecule has 50 heavy (non-hydrogen) atoms. The van der Waals surface area contributed by atoms with E-state index in [-0.39, 0.29) is 25.8 Å². The van der Waals surface area contributed by atoms with Gasteiger partial charge in [-0.25, -0.2) is 4.79 Å². The first kappa shape index (κ1) is 48.5. The Labute approximate surface area is 308 Å². The molecular formula is C42H82NO7+. The van der Waals surface area contributed by atoms with Crippen molar-refractivity contribution in [2.75, 3.05) is 47.5 Å². The largest absolute Gasteiger partial charge is 0.477 e. The van der Waals surface area contributed by atoms with Crippen LogP contribution in [0.2, 0.25) is 0 Å². The third-order valence-electron chi connectivity index (χ3n) is 9.25. The molecule has 8 heteroatoms. The molecule has 0 spiro atoms. The highest BCUT2D eigenvalue weighted by Gasteiger charge is 2.22. The number of carbonyl (C=O) groups is 2. The number of ether oxygens (including phenoxy) is 3. The van der Waals surface area contributed by atoms with Gasteiger partial charge in [0.1, 0.15) is 19.3 Å². The lowest BCUT2D eigenvalue weighted by Crippen LogP contribution is -2.40. The zero-order chi connectivity index (χ0) is 37.0. The lowest BCUT2D eigenvalue weighted by Gasteiger charge is -2.24. The van der Waals surface area contributed by atoms with E-state index in [4.69, 9.17) is 14.2 Å². The molecule has 0 aliphatic rings. The lowest BCUT2D eigenvalue weighted by molar-refractivity contribution is -0.870. The number of carboxylic acid groups (broad SMARTS) is 1. The van der Waals surface area contributed by atoms with Crippen molar-refractivity contribution in [2.45, 2.75) is 199 Å². The Balaban J connectivity index is 3.40. The molecule has 0 aromatic heterocycles. The number of quaternary nitrogens is 1. The van der Waals surface area contributed by atoms with Crippen LogP contribution >= 0.6 is 0 Å². The van der Waals surface area contributed by atoms with Gasteiger partial charge in [-0.05, 0) is 32.1 Å². The molecule has 0 radical (unpaired) electrons. The SMILES string of the molecule is CCCCCCCCCC/C=C\CCCCCCCCCCCCCCCCCCCC(=O)OCC(O)COC(OCC[N+](C)(C)C)C(=O)O. The van der Waals surface area contributed by atoms with E-state index < -0.39 is 18.4 Å². The topological polar surface area (TPSA) is 102 Å². The van der Waals surface area contributed by atoms with E-state index in [0.29, 0.717) is 17.4 Å². The molecule has 0 aromatic rings. The highest BCUT2D eigenvalue weighted by molar-refractivity contribution is 5.70. The van der Waals surface area contributed by atoms with Crippen LogP contribution in [0.5, 0.6) is 0 Å². The molecule has 0 saturated heterocycles. The molecule has 0 fully saturated rings. The number of carbonyl (C=O) groups excluding carboxylic acids is 1. The van der Waals surface area contributed by atoms with Crippen molar-refractivity contribution < 1.29 is 38.5 Å². The van der Waals surface area contributed by atoms with Crippen LogP contribution < -0.4 is 0 Å². The maximum Gasteiger partial charge on any atom is 0.361 e. The predicted molar refractivity (Wildman–Crippen MR) is 207 cm³/mol. The fraction of sp³-hybridized carbons (Fsp3) is 0.905. The predicted octanol–water partition coefficient (Wildman–Crippen LogP) is 10.5. The summed E-state index contributed by atoms with van der Waals surface area (Å²) in [6.45, 7) is 2.61. The minimum Gasteiger partial charge on any atom is -0.477 e. The van der Waals surface area contributed by atoms with Crippen LogP contribution in [0.1, 0.15) is 187 Å². The molecule has 0 aliphatic heterocycles. The van der Waals surface area contributed by atoms with Crippen LogP contribution in [0.3, 0.4) is 0 Å². The van der Waals surface area contributed by atoms with Gasteiger partial charge in [0.2, 0.25) is 0 Å². The summed E-state index contributed by atoms with van der Waals surface area (Å²) >= 11 is 0. The highest BCUT2D eigenvalue weighted by Crippen LogP contribution is 2.15. The molecule has 0 amide bonds. The van der Waals surface area contributed by atoms with E-state index in [9.17, 15) is 19.8 Å². The summed E-state index contributed by atoms with van der Waals surface area (Å²) in [5, 5.41) is 19.2. The van der Waals surface area contributed by atoms with Crippen molar-refractivity contribution in [3.8, 4) is 0 Å². The standard InChI is InChI=1S/C42H81NO7/c1-5-6-7-8-9-10-11-12-13-14-15-16-17-18-19-20-21-22-23-24-25-26-27-28-29-30-31-32-33-34-40(45)49-37-39(44)38-50-42(41(46)47)48-36-35-43(2,3)4/h14-15,39,42,44H,5-13,16-38H2,1-4H3/p+1/b15-14-. The van der Waals surface area contributed by atoms with Crippen LogP contribution in [-0.2, 0) is 23.8 Å². The monoisotopic (exact) mass is 713 g/mol. The van der Waals surface area contributed by atoms with Gasteiger partial charge in [-0.15, -0.1) is 0 Å². The number of hydrogen-bond donors (Lipinski definition) is 2. The highest BCUT2D eigenvalue weighted by atomic mass is 16.7. The first-order chi connectivity index (χ1) is 24.2. The van der Waals surface area contributed by atoms with E-state index >= 15 is 0 Å². The zero-order valence-electron chi connectivity index (χ0n) is 33.3. The Morgan fingerprint density at radius 2 is 0.980 bits per heavy atom. The summed E-state index contributed by atoms with van der Waals surface area (Å²) < 4.78 is 16.2. The van der Waals surface area contributed by atoms with Crippen molar-refractivity contribution in [1.29, 1.82) is 0 Å². The molecule has 2 unspecified atom stereocenters. The second kappa shape index (κ2) is 35.9. The number of hydrogen-bond acceptors (Lipinski definition) is 6. The molecule has 8 nitrogen and oxygen atoms in total. The molecule has 0 rings (SSSR count). The number of unbranched alkanes of at least 4 members (excludes halogenated alkanes) is 25.